The molecule has 7 heteroatoms. The lowest BCUT2D eigenvalue weighted by molar-refractivity contribution is -0.137. The van der Waals surface area contributed by atoms with E-state index < -0.39 is 17.7 Å². The van der Waals surface area contributed by atoms with E-state index in [0.29, 0.717) is 5.69 Å². The summed E-state index contributed by atoms with van der Waals surface area (Å²) in [6.07, 6.45) is -0.861. The highest BCUT2D eigenvalue weighted by atomic mass is 19.4. The predicted molar refractivity (Wildman–Crippen MR) is 98.7 cm³/mol. The molecule has 0 aliphatic rings. The van der Waals surface area contributed by atoms with Crippen molar-refractivity contribution in [2.45, 2.75) is 31.9 Å². The molecular weight excluding hydrogens is 369 g/mol. The van der Waals surface area contributed by atoms with Crippen molar-refractivity contribution in [1.82, 2.24) is 9.78 Å². The van der Waals surface area contributed by atoms with Gasteiger partial charge in [0.05, 0.1) is 23.0 Å². The lowest BCUT2D eigenvalue weighted by Crippen LogP contribution is -2.04. The quantitative estimate of drug-likeness (QED) is 0.605. The maximum atomic E-state index is 12.7. The lowest BCUT2D eigenvalue weighted by atomic mass is 9.87. The number of hydrogen-bond acceptors (Lipinski definition) is 2. The van der Waals surface area contributed by atoms with Crippen LogP contribution in [0.4, 0.5) is 13.2 Å². The summed E-state index contributed by atoms with van der Waals surface area (Å²) in [5.41, 5.74) is 1.98. The van der Waals surface area contributed by atoms with Crippen molar-refractivity contribution in [3.05, 3.63) is 83.2 Å². The van der Waals surface area contributed by atoms with Crippen LogP contribution in [-0.4, -0.2) is 20.9 Å². The minimum Gasteiger partial charge on any atom is -0.478 e. The van der Waals surface area contributed by atoms with Gasteiger partial charge in [0.25, 0.3) is 0 Å². The maximum Gasteiger partial charge on any atom is 0.419 e. The number of hydrogen-bond donors (Lipinski definition) is 1. The fourth-order valence-corrected chi connectivity index (χ4v) is 3.14. The van der Waals surface area contributed by atoms with Gasteiger partial charge < -0.3 is 5.11 Å². The number of carboxylic acids is 1. The number of carboxylic acid groups (broad SMARTS) is 1. The Balaban J connectivity index is 1.86. The predicted octanol–water partition coefficient (Wildman–Crippen LogP) is 5.52. The molecule has 0 bridgehead atoms. The Hall–Kier alpha value is -3.09. The van der Waals surface area contributed by atoms with E-state index in [1.54, 1.807) is 36.4 Å². The first-order chi connectivity index (χ1) is 13.3. The van der Waals surface area contributed by atoms with Gasteiger partial charge in [-0.25, -0.2) is 9.48 Å². The van der Waals surface area contributed by atoms with Crippen LogP contribution in [-0.2, 0) is 6.18 Å². The van der Waals surface area contributed by atoms with Gasteiger partial charge in [0, 0.05) is 12.1 Å². The van der Waals surface area contributed by atoms with Crippen LogP contribution >= 0.6 is 0 Å². The molecule has 1 atom stereocenters. The summed E-state index contributed by atoms with van der Waals surface area (Å²) >= 11 is 0. The molecule has 0 aliphatic heterocycles. The van der Waals surface area contributed by atoms with Crippen LogP contribution in [0.3, 0.4) is 0 Å². The van der Waals surface area contributed by atoms with E-state index in [-0.39, 0.29) is 11.5 Å². The Morgan fingerprint density at radius 3 is 2.11 bits per heavy atom. The number of aromatic nitrogens is 2. The zero-order valence-corrected chi connectivity index (χ0v) is 15.1. The second kappa shape index (κ2) is 7.88. The molecule has 1 unspecified atom stereocenters. The van der Waals surface area contributed by atoms with Crippen LogP contribution in [0.5, 0.6) is 0 Å². The Kier molecular flexibility index (Phi) is 5.53. The van der Waals surface area contributed by atoms with E-state index in [0.717, 1.165) is 36.4 Å². The number of benzene rings is 2. The summed E-state index contributed by atoms with van der Waals surface area (Å²) < 4.78 is 39.4. The number of aromatic carboxylic acids is 1. The summed E-state index contributed by atoms with van der Waals surface area (Å²) in [5, 5.41) is 12.8. The number of rotatable bonds is 6. The minimum atomic E-state index is -4.42. The molecule has 28 heavy (non-hydrogen) atoms. The van der Waals surface area contributed by atoms with Gasteiger partial charge in [0.1, 0.15) is 0 Å². The number of nitrogens with zero attached hydrogens (tertiary/aromatic N) is 2. The summed E-state index contributed by atoms with van der Waals surface area (Å²) in [6.45, 7) is 2.06. The fraction of sp³-hybridized carbons (Fsp3) is 0.238. The summed E-state index contributed by atoms with van der Waals surface area (Å²) in [6, 6.07) is 14.0. The number of halogens is 3. The molecule has 3 rings (SSSR count). The van der Waals surface area contributed by atoms with E-state index in [1.807, 2.05) is 12.1 Å². The minimum absolute atomic E-state index is 0.0743. The van der Waals surface area contributed by atoms with Crippen LogP contribution in [0.25, 0.3) is 5.69 Å². The fourth-order valence-electron chi connectivity index (χ4n) is 3.14. The summed E-state index contributed by atoms with van der Waals surface area (Å²) in [5.74, 6) is -0.898. The third-order valence-corrected chi connectivity index (χ3v) is 4.61. The van der Waals surface area contributed by atoms with Crippen LogP contribution in [0.1, 0.15) is 52.7 Å². The molecule has 0 saturated heterocycles. The Bertz CT molecular complexity index is 945. The largest absolute Gasteiger partial charge is 0.478 e. The normalized spacial score (nSPS) is 12.7. The van der Waals surface area contributed by atoms with Gasteiger partial charge in [-0.15, -0.1) is 0 Å². The highest BCUT2D eigenvalue weighted by molar-refractivity contribution is 5.87. The topological polar surface area (TPSA) is 55.1 Å². The van der Waals surface area contributed by atoms with Crippen LogP contribution in [0, 0.1) is 0 Å². The van der Waals surface area contributed by atoms with Crippen molar-refractivity contribution in [3.8, 4) is 5.69 Å². The van der Waals surface area contributed by atoms with E-state index in [2.05, 4.69) is 12.0 Å². The first-order valence-electron chi connectivity index (χ1n) is 8.85. The molecule has 0 fully saturated rings. The molecule has 0 amide bonds. The zero-order valence-electron chi connectivity index (χ0n) is 15.1. The van der Waals surface area contributed by atoms with Gasteiger partial charge in [-0.2, -0.15) is 18.3 Å². The molecule has 1 aromatic heterocycles. The first kappa shape index (κ1) is 19.7. The van der Waals surface area contributed by atoms with Crippen molar-refractivity contribution in [2.24, 2.45) is 0 Å². The zero-order chi connectivity index (χ0) is 20.3. The highest BCUT2D eigenvalue weighted by Crippen LogP contribution is 2.31. The van der Waals surface area contributed by atoms with Gasteiger partial charge in [-0.05, 0) is 41.8 Å². The van der Waals surface area contributed by atoms with Gasteiger partial charge in [-0.3, -0.25) is 0 Å². The molecule has 4 nitrogen and oxygen atoms in total. The Morgan fingerprint density at radius 1 is 1.07 bits per heavy atom. The maximum absolute atomic E-state index is 12.7. The monoisotopic (exact) mass is 388 g/mol. The summed E-state index contributed by atoms with van der Waals surface area (Å²) in [7, 11) is 0. The van der Waals surface area contributed by atoms with Gasteiger partial charge in [0.15, 0.2) is 0 Å². The smallest absolute Gasteiger partial charge is 0.419 e. The van der Waals surface area contributed by atoms with Crippen molar-refractivity contribution in [2.75, 3.05) is 0 Å². The number of alkyl halides is 3. The number of carbonyl (C=O) groups is 1. The third kappa shape index (κ3) is 4.24. The average Bonchev–Trinajstić information content (AvgIpc) is 3.17. The first-order valence-corrected chi connectivity index (χ1v) is 8.85. The standard InChI is InChI=1S/C21H19F3N2O2/c1-2-3-19(14-4-6-16(7-5-14)20(27)28)15-8-10-18(11-9-15)26-13-17(12-25-26)21(22,23)24/h4-13,19H,2-3H2,1H3,(H,27,28). The van der Waals surface area contributed by atoms with E-state index in [1.165, 1.54) is 4.68 Å². The van der Waals surface area contributed by atoms with Crippen molar-refractivity contribution in [1.29, 1.82) is 0 Å². The van der Waals surface area contributed by atoms with E-state index in [9.17, 15) is 18.0 Å². The summed E-state index contributed by atoms with van der Waals surface area (Å²) in [4.78, 5) is 11.0. The molecule has 0 aliphatic carbocycles. The van der Waals surface area contributed by atoms with Gasteiger partial charge >= 0.3 is 12.1 Å². The molecule has 0 spiro atoms. The molecule has 0 radical (unpaired) electrons. The van der Waals surface area contributed by atoms with Crippen molar-refractivity contribution in [3.63, 3.8) is 0 Å². The van der Waals surface area contributed by atoms with Crippen molar-refractivity contribution >= 4 is 5.97 Å². The lowest BCUT2D eigenvalue weighted by Gasteiger charge is -2.18. The molecule has 2 aromatic carbocycles. The van der Waals surface area contributed by atoms with Gasteiger partial charge in [0.2, 0.25) is 0 Å². The van der Waals surface area contributed by atoms with E-state index in [4.69, 9.17) is 5.11 Å². The average molecular weight is 388 g/mol. The second-order valence-corrected chi connectivity index (χ2v) is 6.53. The Morgan fingerprint density at radius 2 is 1.64 bits per heavy atom. The molecule has 1 heterocycles. The Labute approximate surface area is 160 Å². The van der Waals surface area contributed by atoms with Crippen LogP contribution < -0.4 is 0 Å². The van der Waals surface area contributed by atoms with E-state index >= 15 is 0 Å². The third-order valence-electron chi connectivity index (χ3n) is 4.61. The second-order valence-electron chi connectivity index (χ2n) is 6.53. The van der Waals surface area contributed by atoms with Gasteiger partial charge in [-0.1, -0.05) is 37.6 Å². The van der Waals surface area contributed by atoms with Crippen molar-refractivity contribution < 1.29 is 23.1 Å². The van der Waals surface area contributed by atoms with Crippen LogP contribution in [0.15, 0.2) is 60.9 Å². The molecule has 1 N–H and O–H groups in total. The highest BCUT2D eigenvalue weighted by Gasteiger charge is 2.32. The van der Waals surface area contributed by atoms with Crippen LogP contribution in [0.2, 0.25) is 0 Å². The SMILES string of the molecule is CCCC(c1ccc(C(=O)O)cc1)c1ccc(-n2cc(C(F)(F)F)cn2)cc1. The molecule has 0 saturated carbocycles. The molecule has 146 valence electrons. The molecular formula is C21H19F3N2O2. The molecule has 3 aromatic rings.